The maximum atomic E-state index is 12.5. The highest BCUT2D eigenvalue weighted by atomic mass is 32.2. The molecule has 1 aliphatic rings. The number of amides is 2. The third-order valence-corrected chi connectivity index (χ3v) is 5.69. The molecule has 0 aromatic heterocycles. The molecule has 0 spiro atoms. The van der Waals surface area contributed by atoms with Crippen LogP contribution < -0.4 is 10.2 Å². The Kier molecular flexibility index (Phi) is 5.99. The number of para-hydroxylation sites is 1. The number of rotatable bonds is 6. The Hall–Kier alpha value is -2.27. The van der Waals surface area contributed by atoms with Gasteiger partial charge in [0.15, 0.2) is 0 Å². The molecule has 0 aliphatic carbocycles. The number of aryl methyl sites for hydroxylation is 1. The van der Waals surface area contributed by atoms with Crippen LogP contribution in [-0.2, 0) is 9.59 Å². The lowest BCUT2D eigenvalue weighted by Crippen LogP contribution is -2.28. The van der Waals surface area contributed by atoms with Crippen molar-refractivity contribution in [3.63, 3.8) is 0 Å². The zero-order valence-corrected chi connectivity index (χ0v) is 16.0. The quantitative estimate of drug-likeness (QED) is 0.789. The Bertz CT molecular complexity index is 789. The lowest BCUT2D eigenvalue weighted by Gasteiger charge is -2.26. The number of nitrogens with zero attached hydrogens (tertiary/aromatic N) is 1. The van der Waals surface area contributed by atoms with E-state index in [1.54, 1.807) is 11.8 Å². The van der Waals surface area contributed by atoms with E-state index in [0.717, 1.165) is 35.3 Å². The number of benzene rings is 2. The van der Waals surface area contributed by atoms with Crippen LogP contribution in [0.3, 0.4) is 0 Å². The summed E-state index contributed by atoms with van der Waals surface area (Å²) in [6, 6.07) is 15.8. The molecule has 1 N–H and O–H groups in total. The fourth-order valence-corrected chi connectivity index (χ4v) is 4.23. The van der Waals surface area contributed by atoms with Crippen LogP contribution in [0, 0.1) is 6.92 Å². The van der Waals surface area contributed by atoms with Crippen LogP contribution in [0.15, 0.2) is 48.5 Å². The number of unbranched alkanes of at least 4 members (excludes halogenated alkanes) is 1. The lowest BCUT2D eigenvalue weighted by atomic mass is 10.1. The zero-order chi connectivity index (χ0) is 18.5. The summed E-state index contributed by atoms with van der Waals surface area (Å²) in [7, 11) is 0. The van der Waals surface area contributed by atoms with Crippen molar-refractivity contribution in [3.8, 4) is 0 Å². The van der Waals surface area contributed by atoms with Gasteiger partial charge in [0.1, 0.15) is 5.37 Å². The number of hydrogen-bond acceptors (Lipinski definition) is 3. The van der Waals surface area contributed by atoms with E-state index in [1.165, 1.54) is 0 Å². The van der Waals surface area contributed by atoms with E-state index in [4.69, 9.17) is 0 Å². The number of anilines is 2. The first-order valence-electron chi connectivity index (χ1n) is 8.99. The van der Waals surface area contributed by atoms with Crippen molar-refractivity contribution in [2.75, 3.05) is 16.0 Å². The molecule has 0 radical (unpaired) electrons. The molecular formula is C21H24N2O2S. The van der Waals surface area contributed by atoms with Crippen molar-refractivity contribution in [2.24, 2.45) is 0 Å². The Morgan fingerprint density at radius 2 is 1.92 bits per heavy atom. The molecule has 26 heavy (non-hydrogen) atoms. The Morgan fingerprint density at radius 3 is 2.62 bits per heavy atom. The van der Waals surface area contributed by atoms with E-state index < -0.39 is 0 Å². The predicted octanol–water partition coefficient (Wildman–Crippen LogP) is 4.90. The summed E-state index contributed by atoms with van der Waals surface area (Å²) in [4.78, 5) is 26.2. The minimum Gasteiger partial charge on any atom is -0.326 e. The number of carbonyl (C=O) groups excluding carboxylic acids is 2. The lowest BCUT2D eigenvalue weighted by molar-refractivity contribution is -0.116. The number of hydrogen-bond donors (Lipinski definition) is 1. The molecule has 1 heterocycles. The second-order valence-electron chi connectivity index (χ2n) is 6.49. The van der Waals surface area contributed by atoms with Gasteiger partial charge in [0.25, 0.3) is 0 Å². The largest absolute Gasteiger partial charge is 0.326 e. The highest BCUT2D eigenvalue weighted by Gasteiger charge is 2.34. The number of nitrogens with one attached hydrogen (secondary N) is 1. The minimum atomic E-state index is -0.0338. The molecule has 5 heteroatoms. The molecule has 0 bridgehead atoms. The van der Waals surface area contributed by atoms with Gasteiger partial charge in [0, 0.05) is 17.8 Å². The van der Waals surface area contributed by atoms with Crippen LogP contribution in [0.5, 0.6) is 0 Å². The first-order chi connectivity index (χ1) is 12.6. The van der Waals surface area contributed by atoms with Crippen molar-refractivity contribution in [2.45, 2.75) is 38.5 Å². The second-order valence-corrected chi connectivity index (χ2v) is 7.56. The molecular weight excluding hydrogens is 344 g/mol. The van der Waals surface area contributed by atoms with E-state index in [-0.39, 0.29) is 17.2 Å². The molecule has 2 amide bonds. The number of thioether (sulfide) groups is 1. The average molecular weight is 369 g/mol. The van der Waals surface area contributed by atoms with Gasteiger partial charge in [-0.3, -0.25) is 14.5 Å². The molecule has 2 aromatic carbocycles. The average Bonchev–Trinajstić information content (AvgIpc) is 3.02. The molecule has 2 aromatic rings. The van der Waals surface area contributed by atoms with Gasteiger partial charge in [0.05, 0.1) is 5.75 Å². The summed E-state index contributed by atoms with van der Waals surface area (Å²) >= 11 is 1.64. The third kappa shape index (κ3) is 4.10. The zero-order valence-electron chi connectivity index (χ0n) is 15.2. The Morgan fingerprint density at radius 1 is 1.19 bits per heavy atom. The molecule has 1 fully saturated rings. The summed E-state index contributed by atoms with van der Waals surface area (Å²) in [6.07, 6.45) is 2.45. The van der Waals surface area contributed by atoms with Gasteiger partial charge >= 0.3 is 0 Å². The SMILES string of the molecule is CCCCC(=O)Nc1ccc([C@H]2SCC(=O)N2c2ccccc2C)cc1. The van der Waals surface area contributed by atoms with Crippen molar-refractivity contribution < 1.29 is 9.59 Å². The van der Waals surface area contributed by atoms with Gasteiger partial charge in [-0.25, -0.2) is 0 Å². The first kappa shape index (κ1) is 18.5. The maximum absolute atomic E-state index is 12.5. The van der Waals surface area contributed by atoms with Crippen molar-refractivity contribution in [1.29, 1.82) is 0 Å². The molecule has 0 saturated carbocycles. The van der Waals surface area contributed by atoms with E-state index in [0.29, 0.717) is 12.2 Å². The highest BCUT2D eigenvalue weighted by molar-refractivity contribution is 8.00. The summed E-state index contributed by atoms with van der Waals surface area (Å²) in [5.74, 6) is 0.659. The van der Waals surface area contributed by atoms with Gasteiger partial charge in [-0.15, -0.1) is 11.8 Å². The van der Waals surface area contributed by atoms with Crippen LogP contribution in [0.2, 0.25) is 0 Å². The van der Waals surface area contributed by atoms with Crippen LogP contribution in [0.1, 0.15) is 42.7 Å². The molecule has 3 rings (SSSR count). The first-order valence-corrected chi connectivity index (χ1v) is 10.0. The fraction of sp³-hybridized carbons (Fsp3) is 0.333. The molecule has 136 valence electrons. The van der Waals surface area contributed by atoms with Crippen molar-refractivity contribution >= 4 is 35.0 Å². The highest BCUT2D eigenvalue weighted by Crippen LogP contribution is 2.42. The molecule has 1 atom stereocenters. The Labute approximate surface area is 159 Å². The number of carbonyl (C=O) groups is 2. The smallest absolute Gasteiger partial charge is 0.238 e. The Balaban J connectivity index is 1.77. The third-order valence-electron chi connectivity index (χ3n) is 4.48. The van der Waals surface area contributed by atoms with E-state index in [9.17, 15) is 9.59 Å². The van der Waals surface area contributed by atoms with Crippen LogP contribution in [0.25, 0.3) is 0 Å². The molecule has 1 saturated heterocycles. The molecule has 4 nitrogen and oxygen atoms in total. The standard InChI is InChI=1S/C21H24N2O2S/c1-3-4-9-19(24)22-17-12-10-16(11-13-17)21-23(20(25)14-26-21)18-8-6-5-7-15(18)2/h5-8,10-13,21H,3-4,9,14H2,1-2H3,(H,22,24)/t21-/m1/s1. The second kappa shape index (κ2) is 8.41. The van der Waals surface area contributed by atoms with E-state index >= 15 is 0 Å². The van der Waals surface area contributed by atoms with Gasteiger partial charge in [-0.2, -0.15) is 0 Å². The minimum absolute atomic E-state index is 0.0338. The monoisotopic (exact) mass is 368 g/mol. The van der Waals surface area contributed by atoms with Gasteiger partial charge < -0.3 is 5.32 Å². The van der Waals surface area contributed by atoms with Gasteiger partial charge in [-0.05, 0) is 42.7 Å². The fourth-order valence-electron chi connectivity index (χ4n) is 3.06. The summed E-state index contributed by atoms with van der Waals surface area (Å²) in [6.45, 7) is 4.10. The summed E-state index contributed by atoms with van der Waals surface area (Å²) in [5, 5.41) is 2.90. The van der Waals surface area contributed by atoms with Crippen LogP contribution in [-0.4, -0.2) is 17.6 Å². The van der Waals surface area contributed by atoms with E-state index in [2.05, 4.69) is 12.2 Å². The van der Waals surface area contributed by atoms with Gasteiger partial charge in [-0.1, -0.05) is 43.7 Å². The van der Waals surface area contributed by atoms with E-state index in [1.807, 2.05) is 60.4 Å². The topological polar surface area (TPSA) is 49.4 Å². The van der Waals surface area contributed by atoms with Crippen LogP contribution >= 0.6 is 11.8 Å². The maximum Gasteiger partial charge on any atom is 0.238 e. The molecule has 1 aliphatic heterocycles. The van der Waals surface area contributed by atoms with Gasteiger partial charge in [0.2, 0.25) is 11.8 Å². The molecule has 0 unspecified atom stereocenters. The van der Waals surface area contributed by atoms with Crippen molar-refractivity contribution in [3.05, 3.63) is 59.7 Å². The predicted molar refractivity (Wildman–Crippen MR) is 108 cm³/mol. The van der Waals surface area contributed by atoms with Crippen LogP contribution in [0.4, 0.5) is 11.4 Å². The van der Waals surface area contributed by atoms with Crippen molar-refractivity contribution in [1.82, 2.24) is 0 Å². The summed E-state index contributed by atoms with van der Waals surface area (Å²) < 4.78 is 0. The summed E-state index contributed by atoms with van der Waals surface area (Å²) in [5.41, 5.74) is 3.92. The normalized spacial score (nSPS) is 16.8.